The SMILES string of the molecule is O=C(Nc1ccc(Cl)c(Cl)c1)c1ccc2ccccc2n1. The average molecular weight is 317 g/mol. The van der Waals surface area contributed by atoms with E-state index in [-0.39, 0.29) is 5.91 Å². The highest BCUT2D eigenvalue weighted by molar-refractivity contribution is 6.42. The number of halogens is 2. The van der Waals surface area contributed by atoms with Gasteiger partial charge in [-0.3, -0.25) is 4.79 Å². The monoisotopic (exact) mass is 316 g/mol. The van der Waals surface area contributed by atoms with Gasteiger partial charge < -0.3 is 5.32 Å². The summed E-state index contributed by atoms with van der Waals surface area (Å²) in [6.45, 7) is 0. The van der Waals surface area contributed by atoms with Crippen molar-refractivity contribution >= 4 is 45.7 Å². The van der Waals surface area contributed by atoms with Crippen LogP contribution in [0.25, 0.3) is 10.9 Å². The summed E-state index contributed by atoms with van der Waals surface area (Å²) in [5.41, 5.74) is 1.70. The first-order valence-electron chi connectivity index (χ1n) is 6.26. The number of carbonyl (C=O) groups excluding carboxylic acids is 1. The molecule has 5 heteroatoms. The largest absolute Gasteiger partial charge is 0.321 e. The summed E-state index contributed by atoms with van der Waals surface area (Å²) >= 11 is 11.8. The van der Waals surface area contributed by atoms with Gasteiger partial charge in [0.05, 0.1) is 15.6 Å². The molecule has 104 valence electrons. The maximum absolute atomic E-state index is 12.2. The molecule has 0 aliphatic rings. The second-order valence-electron chi connectivity index (χ2n) is 4.47. The molecule has 0 bridgehead atoms. The number of hydrogen-bond donors (Lipinski definition) is 1. The maximum atomic E-state index is 12.2. The first-order valence-corrected chi connectivity index (χ1v) is 7.01. The van der Waals surface area contributed by atoms with Crippen LogP contribution in [0.4, 0.5) is 5.69 Å². The molecule has 0 unspecified atom stereocenters. The number of para-hydroxylation sites is 1. The molecule has 3 nitrogen and oxygen atoms in total. The zero-order valence-electron chi connectivity index (χ0n) is 10.8. The highest BCUT2D eigenvalue weighted by atomic mass is 35.5. The quantitative estimate of drug-likeness (QED) is 0.738. The molecular formula is C16H10Cl2N2O. The van der Waals surface area contributed by atoms with Crippen molar-refractivity contribution in [2.75, 3.05) is 5.32 Å². The van der Waals surface area contributed by atoms with Crippen molar-refractivity contribution in [1.82, 2.24) is 4.98 Å². The lowest BCUT2D eigenvalue weighted by molar-refractivity contribution is 0.102. The van der Waals surface area contributed by atoms with Gasteiger partial charge in [0.1, 0.15) is 5.69 Å². The van der Waals surface area contributed by atoms with E-state index in [2.05, 4.69) is 10.3 Å². The summed E-state index contributed by atoms with van der Waals surface area (Å²) in [7, 11) is 0. The number of fused-ring (bicyclic) bond motifs is 1. The highest BCUT2D eigenvalue weighted by Crippen LogP contribution is 2.25. The van der Waals surface area contributed by atoms with Gasteiger partial charge in [-0.05, 0) is 30.3 Å². The predicted molar refractivity (Wildman–Crippen MR) is 86.2 cm³/mol. The number of carbonyl (C=O) groups is 1. The molecule has 0 atom stereocenters. The molecule has 21 heavy (non-hydrogen) atoms. The Morgan fingerprint density at radius 1 is 0.952 bits per heavy atom. The topological polar surface area (TPSA) is 42.0 Å². The van der Waals surface area contributed by atoms with Crippen molar-refractivity contribution in [3.05, 3.63) is 70.3 Å². The summed E-state index contributed by atoms with van der Waals surface area (Å²) in [6, 6.07) is 16.1. The molecule has 1 amide bonds. The molecule has 1 heterocycles. The number of aromatic nitrogens is 1. The molecule has 2 aromatic carbocycles. The third-order valence-corrected chi connectivity index (χ3v) is 3.75. The van der Waals surface area contributed by atoms with Gasteiger partial charge in [0, 0.05) is 11.1 Å². The van der Waals surface area contributed by atoms with Crippen molar-refractivity contribution in [2.24, 2.45) is 0 Å². The molecule has 3 rings (SSSR count). The number of benzene rings is 2. The Hall–Kier alpha value is -2.10. The molecule has 3 aromatic rings. The Kier molecular flexibility index (Phi) is 3.78. The standard InChI is InChI=1S/C16H10Cl2N2O/c17-12-7-6-11(9-13(12)18)19-16(21)15-8-5-10-3-1-2-4-14(10)20-15/h1-9H,(H,19,21). The van der Waals surface area contributed by atoms with Gasteiger partial charge >= 0.3 is 0 Å². The summed E-state index contributed by atoms with van der Waals surface area (Å²) in [4.78, 5) is 16.5. The smallest absolute Gasteiger partial charge is 0.274 e. The molecule has 1 N–H and O–H groups in total. The lowest BCUT2D eigenvalue weighted by atomic mass is 10.2. The Morgan fingerprint density at radius 2 is 1.76 bits per heavy atom. The molecule has 0 radical (unpaired) electrons. The van der Waals surface area contributed by atoms with Crippen molar-refractivity contribution in [2.45, 2.75) is 0 Å². The maximum Gasteiger partial charge on any atom is 0.274 e. The Bertz CT molecular complexity index is 833. The van der Waals surface area contributed by atoms with E-state index in [0.717, 1.165) is 10.9 Å². The van der Waals surface area contributed by atoms with E-state index in [4.69, 9.17) is 23.2 Å². The number of pyridine rings is 1. The number of rotatable bonds is 2. The van der Waals surface area contributed by atoms with Crippen LogP contribution < -0.4 is 5.32 Å². The van der Waals surface area contributed by atoms with Crippen LogP contribution in [0.15, 0.2) is 54.6 Å². The van der Waals surface area contributed by atoms with Crippen LogP contribution in [0.1, 0.15) is 10.5 Å². The fraction of sp³-hybridized carbons (Fsp3) is 0. The number of nitrogens with one attached hydrogen (secondary N) is 1. The number of hydrogen-bond acceptors (Lipinski definition) is 2. The minimum atomic E-state index is -0.292. The Labute approximate surface area is 131 Å². The fourth-order valence-electron chi connectivity index (χ4n) is 1.96. The molecular weight excluding hydrogens is 307 g/mol. The van der Waals surface area contributed by atoms with Crippen LogP contribution in [0, 0.1) is 0 Å². The van der Waals surface area contributed by atoms with E-state index >= 15 is 0 Å². The summed E-state index contributed by atoms with van der Waals surface area (Å²) < 4.78 is 0. The predicted octanol–water partition coefficient (Wildman–Crippen LogP) is 4.79. The first kappa shape index (κ1) is 13.9. The average Bonchev–Trinajstić information content (AvgIpc) is 2.50. The van der Waals surface area contributed by atoms with Crippen LogP contribution in [0.5, 0.6) is 0 Å². The first-order chi connectivity index (χ1) is 10.1. The van der Waals surface area contributed by atoms with E-state index in [1.165, 1.54) is 0 Å². The fourth-order valence-corrected chi connectivity index (χ4v) is 2.26. The van der Waals surface area contributed by atoms with Crippen LogP contribution in [0.2, 0.25) is 10.0 Å². The highest BCUT2D eigenvalue weighted by Gasteiger charge is 2.09. The minimum Gasteiger partial charge on any atom is -0.321 e. The summed E-state index contributed by atoms with van der Waals surface area (Å²) in [5.74, 6) is -0.292. The molecule has 0 saturated carbocycles. The zero-order valence-corrected chi connectivity index (χ0v) is 12.3. The van der Waals surface area contributed by atoms with Gasteiger partial charge in [0.25, 0.3) is 5.91 Å². The Morgan fingerprint density at radius 3 is 2.57 bits per heavy atom. The number of anilines is 1. The van der Waals surface area contributed by atoms with Gasteiger partial charge in [-0.2, -0.15) is 0 Å². The third kappa shape index (κ3) is 2.99. The van der Waals surface area contributed by atoms with Crippen LogP contribution in [0.3, 0.4) is 0 Å². The van der Waals surface area contributed by atoms with E-state index < -0.39 is 0 Å². The van der Waals surface area contributed by atoms with Crippen LogP contribution in [-0.4, -0.2) is 10.9 Å². The normalized spacial score (nSPS) is 10.6. The van der Waals surface area contributed by atoms with Crippen molar-refractivity contribution in [3.63, 3.8) is 0 Å². The molecule has 0 saturated heterocycles. The van der Waals surface area contributed by atoms with E-state index in [1.54, 1.807) is 24.3 Å². The third-order valence-electron chi connectivity index (χ3n) is 3.01. The second kappa shape index (κ2) is 5.72. The van der Waals surface area contributed by atoms with Crippen molar-refractivity contribution < 1.29 is 4.79 Å². The van der Waals surface area contributed by atoms with Crippen LogP contribution in [-0.2, 0) is 0 Å². The summed E-state index contributed by atoms with van der Waals surface area (Å²) in [5, 5.41) is 4.57. The lowest BCUT2D eigenvalue weighted by Gasteiger charge is -2.06. The second-order valence-corrected chi connectivity index (χ2v) is 5.29. The van der Waals surface area contributed by atoms with E-state index in [1.807, 2.05) is 30.3 Å². The molecule has 0 spiro atoms. The van der Waals surface area contributed by atoms with Crippen molar-refractivity contribution in [3.8, 4) is 0 Å². The number of amides is 1. The van der Waals surface area contributed by atoms with Crippen molar-refractivity contribution in [1.29, 1.82) is 0 Å². The van der Waals surface area contributed by atoms with E-state index in [0.29, 0.717) is 21.4 Å². The van der Waals surface area contributed by atoms with Gasteiger partial charge in [-0.15, -0.1) is 0 Å². The van der Waals surface area contributed by atoms with Gasteiger partial charge in [0.2, 0.25) is 0 Å². The lowest BCUT2D eigenvalue weighted by Crippen LogP contribution is -2.13. The van der Waals surface area contributed by atoms with Gasteiger partial charge in [-0.25, -0.2) is 4.98 Å². The van der Waals surface area contributed by atoms with Gasteiger partial charge in [-0.1, -0.05) is 47.5 Å². The Balaban J connectivity index is 1.87. The molecule has 0 aliphatic carbocycles. The minimum absolute atomic E-state index is 0.292. The molecule has 1 aromatic heterocycles. The summed E-state index contributed by atoms with van der Waals surface area (Å²) in [6.07, 6.45) is 0. The zero-order chi connectivity index (χ0) is 14.8. The number of nitrogens with zero attached hydrogens (tertiary/aromatic N) is 1. The molecule has 0 aliphatic heterocycles. The molecule has 0 fully saturated rings. The van der Waals surface area contributed by atoms with Gasteiger partial charge in [0.15, 0.2) is 0 Å². The van der Waals surface area contributed by atoms with E-state index in [9.17, 15) is 4.79 Å². The van der Waals surface area contributed by atoms with Crippen LogP contribution >= 0.6 is 23.2 Å².